The Kier molecular flexibility index (Phi) is 4.94. The highest BCUT2D eigenvalue weighted by Gasteiger charge is 2.67. The van der Waals surface area contributed by atoms with Gasteiger partial charge in [-0.3, -0.25) is 4.79 Å². The Hall–Kier alpha value is -3.50. The molecule has 2 aromatic rings. The third-order valence-electron chi connectivity index (χ3n) is 5.76. The molecule has 32 heavy (non-hydrogen) atoms. The van der Waals surface area contributed by atoms with Gasteiger partial charge in [0.1, 0.15) is 11.4 Å². The van der Waals surface area contributed by atoms with E-state index in [0.29, 0.717) is 21.8 Å². The molecule has 2 aromatic carbocycles. The van der Waals surface area contributed by atoms with Crippen LogP contribution in [0.2, 0.25) is 5.02 Å². The number of hydrogen-bond acceptors (Lipinski definition) is 5. The Morgan fingerprint density at radius 3 is 2.53 bits per heavy atom. The van der Waals surface area contributed by atoms with Crippen LogP contribution in [0.25, 0.3) is 0 Å². The fraction of sp³-hybridized carbons (Fsp3) is 0.292. The van der Waals surface area contributed by atoms with Gasteiger partial charge in [0, 0.05) is 23.3 Å². The normalized spacial score (nSPS) is 22.4. The first-order valence-corrected chi connectivity index (χ1v) is 10.5. The van der Waals surface area contributed by atoms with Crippen molar-refractivity contribution in [1.82, 2.24) is 4.90 Å². The predicted molar refractivity (Wildman–Crippen MR) is 121 cm³/mol. The van der Waals surface area contributed by atoms with E-state index in [1.54, 1.807) is 70.3 Å². The van der Waals surface area contributed by atoms with E-state index in [0.717, 1.165) is 4.90 Å². The highest BCUT2D eigenvalue weighted by atomic mass is 35.5. The van der Waals surface area contributed by atoms with Gasteiger partial charge in [0.15, 0.2) is 5.54 Å². The molecule has 2 atom stereocenters. The van der Waals surface area contributed by atoms with Crippen LogP contribution in [0.5, 0.6) is 0 Å². The maximum atomic E-state index is 14.0. The highest BCUT2D eigenvalue weighted by Crippen LogP contribution is 2.59. The van der Waals surface area contributed by atoms with Crippen LogP contribution in [0.15, 0.2) is 59.9 Å². The molecule has 8 heteroatoms. The zero-order chi connectivity index (χ0) is 23.4. The van der Waals surface area contributed by atoms with Crippen LogP contribution < -0.4 is 10.6 Å². The average molecular weight is 451 g/mol. The summed E-state index contributed by atoms with van der Waals surface area (Å²) in [6.07, 6.45) is -0.800. The summed E-state index contributed by atoms with van der Waals surface area (Å²) in [4.78, 5) is 30.1. The van der Waals surface area contributed by atoms with Crippen LogP contribution in [0.1, 0.15) is 37.8 Å². The smallest absolute Gasteiger partial charge is 0.417 e. The zero-order valence-electron chi connectivity index (χ0n) is 18.2. The Bertz CT molecular complexity index is 1210. The Morgan fingerprint density at radius 1 is 1.22 bits per heavy atom. The van der Waals surface area contributed by atoms with Gasteiger partial charge in [-0.1, -0.05) is 41.9 Å². The van der Waals surface area contributed by atoms with Gasteiger partial charge >= 0.3 is 6.09 Å². The number of likely N-dealkylation sites (N-methyl/N-ethyl adjacent to an activating group) is 1. The van der Waals surface area contributed by atoms with Gasteiger partial charge in [-0.15, -0.1) is 0 Å². The minimum atomic E-state index is -1.62. The second kappa shape index (κ2) is 7.28. The number of fused-ring (bicyclic) bond motifs is 2. The summed E-state index contributed by atoms with van der Waals surface area (Å²) in [6.45, 7) is 5.18. The maximum absolute atomic E-state index is 14.0. The number of ether oxygens (including phenoxy) is 1. The summed E-state index contributed by atoms with van der Waals surface area (Å²) in [5, 5.41) is 10.5. The van der Waals surface area contributed by atoms with E-state index in [4.69, 9.17) is 22.1 Å². The molecule has 4 rings (SSSR count). The molecule has 0 aromatic heterocycles. The number of anilines is 1. The van der Waals surface area contributed by atoms with Crippen LogP contribution >= 0.6 is 11.6 Å². The minimum absolute atomic E-state index is 0.106. The summed E-state index contributed by atoms with van der Waals surface area (Å²) in [7, 11) is 1.64. The average Bonchev–Trinajstić information content (AvgIpc) is 3.11. The van der Waals surface area contributed by atoms with Gasteiger partial charge in [-0.05, 0) is 44.5 Å². The molecule has 0 radical (unpaired) electrons. The largest absolute Gasteiger partial charge is 0.443 e. The summed E-state index contributed by atoms with van der Waals surface area (Å²) >= 11 is 6.27. The lowest BCUT2D eigenvalue weighted by molar-refractivity contribution is -0.128. The van der Waals surface area contributed by atoms with Crippen molar-refractivity contribution in [1.29, 1.82) is 5.26 Å². The monoisotopic (exact) mass is 450 g/mol. The first kappa shape index (κ1) is 21.7. The lowest BCUT2D eigenvalue weighted by atomic mass is 9.73. The SMILES string of the molecule is CN1C(=O)[C@]2(c3ccccc31)[C@H](c1cccc(Cl)c1)C(C#N)=C(N)N2C(=O)OC(C)(C)C. The van der Waals surface area contributed by atoms with E-state index in [1.165, 1.54) is 4.90 Å². The van der Waals surface area contributed by atoms with Crippen molar-refractivity contribution in [3.05, 3.63) is 76.1 Å². The van der Waals surface area contributed by atoms with Crippen molar-refractivity contribution in [2.75, 3.05) is 11.9 Å². The van der Waals surface area contributed by atoms with E-state index >= 15 is 0 Å². The number of carbonyl (C=O) groups excluding carboxylic acids is 2. The van der Waals surface area contributed by atoms with Crippen LogP contribution in [-0.2, 0) is 15.1 Å². The molecule has 2 aliphatic heterocycles. The molecule has 0 bridgehead atoms. The molecule has 7 nitrogen and oxygen atoms in total. The third-order valence-corrected chi connectivity index (χ3v) is 6.00. The number of para-hydroxylation sites is 1. The molecule has 0 saturated heterocycles. The number of nitrogens with two attached hydrogens (primary N) is 1. The fourth-order valence-corrected chi connectivity index (χ4v) is 4.82. The molecular formula is C24H23ClN4O3. The number of amides is 2. The summed E-state index contributed by atoms with van der Waals surface area (Å²) < 4.78 is 5.64. The van der Waals surface area contributed by atoms with Crippen LogP contribution in [0.4, 0.5) is 10.5 Å². The minimum Gasteiger partial charge on any atom is -0.443 e. The van der Waals surface area contributed by atoms with Crippen LogP contribution in [0.3, 0.4) is 0 Å². The van der Waals surface area contributed by atoms with Crippen molar-refractivity contribution in [2.45, 2.75) is 37.8 Å². The van der Waals surface area contributed by atoms with E-state index < -0.39 is 23.2 Å². The fourth-order valence-electron chi connectivity index (χ4n) is 4.63. The van der Waals surface area contributed by atoms with Crippen LogP contribution in [-0.4, -0.2) is 29.5 Å². The van der Waals surface area contributed by atoms with E-state index in [1.807, 2.05) is 6.07 Å². The quantitative estimate of drug-likeness (QED) is 0.700. The Morgan fingerprint density at radius 2 is 1.91 bits per heavy atom. The molecule has 0 saturated carbocycles. The van der Waals surface area contributed by atoms with Crippen molar-refractivity contribution in [3.8, 4) is 6.07 Å². The molecule has 2 amide bonds. The Balaban J connectivity index is 2.07. The maximum Gasteiger partial charge on any atom is 0.417 e. The number of nitriles is 1. The molecule has 164 valence electrons. The van der Waals surface area contributed by atoms with Crippen molar-refractivity contribution >= 4 is 29.3 Å². The van der Waals surface area contributed by atoms with Gasteiger partial charge in [0.2, 0.25) is 0 Å². The second-order valence-electron chi connectivity index (χ2n) is 8.86. The molecule has 0 unspecified atom stereocenters. The number of carbonyl (C=O) groups is 2. The first-order valence-electron chi connectivity index (χ1n) is 10.1. The lowest BCUT2D eigenvalue weighted by Crippen LogP contribution is -2.56. The molecule has 0 fully saturated rings. The second-order valence-corrected chi connectivity index (χ2v) is 9.30. The molecule has 2 aliphatic rings. The molecule has 2 N–H and O–H groups in total. The van der Waals surface area contributed by atoms with Gasteiger partial charge in [-0.2, -0.15) is 5.26 Å². The van der Waals surface area contributed by atoms with E-state index in [-0.39, 0.29) is 17.3 Å². The number of nitrogens with zero attached hydrogens (tertiary/aromatic N) is 3. The summed E-state index contributed by atoms with van der Waals surface area (Å²) in [6, 6.07) is 16.2. The summed E-state index contributed by atoms with van der Waals surface area (Å²) in [5.41, 5.74) is 5.86. The zero-order valence-corrected chi connectivity index (χ0v) is 19.0. The van der Waals surface area contributed by atoms with Gasteiger partial charge < -0.3 is 15.4 Å². The van der Waals surface area contributed by atoms with Gasteiger partial charge in [0.05, 0.1) is 17.6 Å². The molecule has 1 spiro atoms. The number of rotatable bonds is 1. The number of benzene rings is 2. The van der Waals surface area contributed by atoms with Gasteiger partial charge in [-0.25, -0.2) is 9.69 Å². The van der Waals surface area contributed by atoms with E-state index in [9.17, 15) is 14.9 Å². The van der Waals surface area contributed by atoms with Crippen molar-refractivity contribution in [3.63, 3.8) is 0 Å². The number of halogens is 1. The predicted octanol–water partition coefficient (Wildman–Crippen LogP) is 4.24. The van der Waals surface area contributed by atoms with E-state index in [2.05, 4.69) is 6.07 Å². The molecule has 0 aliphatic carbocycles. The van der Waals surface area contributed by atoms with Crippen molar-refractivity contribution < 1.29 is 14.3 Å². The highest BCUT2D eigenvalue weighted by molar-refractivity contribution is 6.30. The van der Waals surface area contributed by atoms with Gasteiger partial charge in [0.25, 0.3) is 5.91 Å². The first-order chi connectivity index (χ1) is 15.0. The lowest BCUT2D eigenvalue weighted by Gasteiger charge is -2.39. The molecular weight excluding hydrogens is 428 g/mol. The van der Waals surface area contributed by atoms with Crippen molar-refractivity contribution in [2.24, 2.45) is 5.73 Å². The third kappa shape index (κ3) is 2.94. The summed E-state index contributed by atoms with van der Waals surface area (Å²) in [5.74, 6) is -1.36. The topological polar surface area (TPSA) is 99.7 Å². The molecule has 2 heterocycles. The standard InChI is InChI=1S/C24H23ClN4O3/c1-23(2,3)32-22(31)29-20(27)16(13-26)19(14-8-7-9-15(25)12-14)24(29)17-10-5-6-11-18(17)28(4)21(24)30/h5-12,19H,27H2,1-4H3/t19-,24+/m1/s1. The Labute approximate surface area is 191 Å². The van der Waals surface area contributed by atoms with Crippen LogP contribution in [0, 0.1) is 11.3 Å². The number of hydrogen-bond donors (Lipinski definition) is 1.